The van der Waals surface area contributed by atoms with Crippen LogP contribution in [0.2, 0.25) is 0 Å². The van der Waals surface area contributed by atoms with Crippen molar-refractivity contribution in [2.45, 2.75) is 46.1 Å². The van der Waals surface area contributed by atoms with E-state index in [1.54, 1.807) is 65.6 Å². The highest BCUT2D eigenvalue weighted by Gasteiger charge is 2.24. The van der Waals surface area contributed by atoms with Crippen molar-refractivity contribution in [1.29, 1.82) is 0 Å². The molecule has 1 unspecified atom stereocenters. The molecule has 0 spiro atoms. The molecule has 7 heteroatoms. The van der Waals surface area contributed by atoms with Gasteiger partial charge in [0.15, 0.2) is 5.78 Å². The van der Waals surface area contributed by atoms with Crippen LogP contribution in [0.15, 0.2) is 103 Å². The molecule has 0 heterocycles. The maximum Gasteiger partial charge on any atom is 0.326 e. The van der Waals surface area contributed by atoms with Gasteiger partial charge >= 0.3 is 5.97 Å². The molecule has 0 saturated carbocycles. The number of carbonyl (C=O) groups is 3. The second-order valence-electron chi connectivity index (χ2n) is 10.8. The van der Waals surface area contributed by atoms with Crippen LogP contribution in [-0.2, 0) is 16.0 Å². The maximum atomic E-state index is 13.3. The number of benzene rings is 4. The zero-order valence-electron chi connectivity index (χ0n) is 25.5. The van der Waals surface area contributed by atoms with Gasteiger partial charge in [0.25, 0.3) is 0 Å². The Morgan fingerprint density at radius 1 is 0.818 bits per heavy atom. The fraction of sp³-hybridized carbons (Fsp3) is 0.270. The van der Waals surface area contributed by atoms with E-state index in [2.05, 4.69) is 5.32 Å². The summed E-state index contributed by atoms with van der Waals surface area (Å²) in [6, 6.07) is 30.1. The third-order valence-electron chi connectivity index (χ3n) is 7.73. The molecule has 4 rings (SSSR count). The van der Waals surface area contributed by atoms with Gasteiger partial charge < -0.3 is 20.1 Å². The summed E-state index contributed by atoms with van der Waals surface area (Å²) in [6.45, 7) is 6.80. The maximum absolute atomic E-state index is 13.3. The van der Waals surface area contributed by atoms with Gasteiger partial charge in [0.05, 0.1) is 6.54 Å². The average Bonchev–Trinajstić information content (AvgIpc) is 3.05. The van der Waals surface area contributed by atoms with E-state index < -0.39 is 12.0 Å². The summed E-state index contributed by atoms with van der Waals surface area (Å²) in [4.78, 5) is 40.4. The fourth-order valence-corrected chi connectivity index (χ4v) is 5.10. The van der Waals surface area contributed by atoms with E-state index in [1.165, 1.54) is 0 Å². The minimum atomic E-state index is -1.02. The van der Waals surface area contributed by atoms with Crippen LogP contribution in [0.3, 0.4) is 0 Å². The monoisotopic (exact) mass is 592 g/mol. The molecule has 4 aromatic rings. The number of anilines is 2. The summed E-state index contributed by atoms with van der Waals surface area (Å²) in [6.07, 6.45) is 1.76. The topological polar surface area (TPSA) is 95.9 Å². The van der Waals surface area contributed by atoms with Gasteiger partial charge in [0.1, 0.15) is 18.4 Å². The van der Waals surface area contributed by atoms with Gasteiger partial charge in [-0.15, -0.1) is 0 Å². The van der Waals surface area contributed by atoms with Crippen LogP contribution < -0.4 is 15.0 Å². The highest BCUT2D eigenvalue weighted by molar-refractivity contribution is 6.12. The normalized spacial score (nSPS) is 11.5. The SMILES string of the molecule is CCC(CC)C(=O)N(CCOc1ccc(CC(Nc2ccccc2C(=O)c2ccccc2)C(=O)O)cc1)c1ccc(C)cc1. The van der Waals surface area contributed by atoms with Gasteiger partial charge in [-0.25, -0.2) is 4.79 Å². The first-order valence-electron chi connectivity index (χ1n) is 15.1. The third-order valence-corrected chi connectivity index (χ3v) is 7.73. The van der Waals surface area contributed by atoms with Crippen molar-refractivity contribution in [2.24, 2.45) is 5.92 Å². The molecule has 1 amide bonds. The number of carbonyl (C=O) groups excluding carboxylic acids is 2. The van der Waals surface area contributed by atoms with Crippen molar-refractivity contribution in [3.8, 4) is 5.75 Å². The quantitative estimate of drug-likeness (QED) is 0.142. The summed E-state index contributed by atoms with van der Waals surface area (Å²) in [5.41, 5.74) is 4.20. The number of carboxylic acids is 1. The van der Waals surface area contributed by atoms with E-state index in [-0.39, 0.29) is 24.0 Å². The van der Waals surface area contributed by atoms with Gasteiger partial charge in [-0.3, -0.25) is 9.59 Å². The van der Waals surface area contributed by atoms with E-state index in [0.29, 0.717) is 35.7 Å². The number of amides is 1. The van der Waals surface area contributed by atoms with Crippen molar-refractivity contribution in [1.82, 2.24) is 0 Å². The van der Waals surface area contributed by atoms with Gasteiger partial charge in [-0.05, 0) is 61.7 Å². The molecule has 0 fully saturated rings. The molecule has 4 aromatic carbocycles. The molecule has 0 bridgehead atoms. The molecule has 0 aliphatic rings. The van der Waals surface area contributed by atoms with Gasteiger partial charge in [0.2, 0.25) is 5.91 Å². The molecule has 2 N–H and O–H groups in total. The van der Waals surface area contributed by atoms with Crippen LogP contribution in [-0.4, -0.2) is 42.0 Å². The van der Waals surface area contributed by atoms with Gasteiger partial charge in [0, 0.05) is 34.8 Å². The number of aryl methyl sites for hydroxylation is 1. The Kier molecular flexibility index (Phi) is 11.3. The number of ether oxygens (including phenoxy) is 1. The van der Waals surface area contributed by atoms with Crippen LogP contribution in [0.4, 0.5) is 11.4 Å². The molecule has 0 aliphatic carbocycles. The Bertz CT molecular complexity index is 1530. The Labute approximate surface area is 259 Å². The Hall–Kier alpha value is -4.91. The minimum absolute atomic E-state index is 0.0465. The Balaban J connectivity index is 1.40. The first kappa shape index (κ1) is 32.0. The number of carboxylic acid groups (broad SMARTS) is 1. The Morgan fingerprint density at radius 3 is 2.09 bits per heavy atom. The third kappa shape index (κ3) is 8.34. The minimum Gasteiger partial charge on any atom is -0.492 e. The van der Waals surface area contributed by atoms with Crippen molar-refractivity contribution in [2.75, 3.05) is 23.4 Å². The van der Waals surface area contributed by atoms with Gasteiger partial charge in [-0.1, -0.05) is 86.1 Å². The second kappa shape index (κ2) is 15.5. The fourth-order valence-electron chi connectivity index (χ4n) is 5.10. The zero-order valence-corrected chi connectivity index (χ0v) is 25.5. The molecule has 0 saturated heterocycles. The molecule has 44 heavy (non-hydrogen) atoms. The van der Waals surface area contributed by atoms with Crippen LogP contribution in [0, 0.1) is 12.8 Å². The predicted molar refractivity (Wildman–Crippen MR) is 175 cm³/mol. The standard InChI is InChI=1S/C37H40N2O5/c1-4-28(5-2)36(41)39(30-19-15-26(3)16-20-30)23-24-44-31-21-17-27(18-22-31)25-34(37(42)43)38-33-14-10-9-13-32(33)35(40)29-11-7-6-8-12-29/h6-22,28,34,38H,4-5,23-25H2,1-3H3,(H,42,43). The number of para-hydroxylation sites is 1. The van der Waals surface area contributed by atoms with Crippen LogP contribution in [0.25, 0.3) is 0 Å². The molecule has 7 nitrogen and oxygen atoms in total. The van der Waals surface area contributed by atoms with E-state index in [0.717, 1.165) is 29.7 Å². The molecular weight excluding hydrogens is 552 g/mol. The van der Waals surface area contributed by atoms with Crippen molar-refractivity contribution >= 4 is 29.0 Å². The first-order valence-corrected chi connectivity index (χ1v) is 15.1. The zero-order chi connectivity index (χ0) is 31.5. The molecule has 0 aliphatic heterocycles. The lowest BCUT2D eigenvalue weighted by atomic mass is 10.00. The number of nitrogens with zero attached hydrogens (tertiary/aromatic N) is 1. The van der Waals surface area contributed by atoms with Gasteiger partial charge in [-0.2, -0.15) is 0 Å². The predicted octanol–water partition coefficient (Wildman–Crippen LogP) is 7.18. The molecule has 0 aromatic heterocycles. The number of hydrogen-bond donors (Lipinski definition) is 2. The summed E-state index contributed by atoms with van der Waals surface area (Å²) in [7, 11) is 0. The van der Waals surface area contributed by atoms with Crippen LogP contribution in [0.5, 0.6) is 5.75 Å². The largest absolute Gasteiger partial charge is 0.492 e. The second-order valence-corrected chi connectivity index (χ2v) is 10.8. The highest BCUT2D eigenvalue weighted by Crippen LogP contribution is 2.23. The van der Waals surface area contributed by atoms with E-state index in [9.17, 15) is 19.5 Å². The summed E-state index contributed by atoms with van der Waals surface area (Å²) < 4.78 is 6.00. The summed E-state index contributed by atoms with van der Waals surface area (Å²) >= 11 is 0. The molecular formula is C37H40N2O5. The van der Waals surface area contributed by atoms with Crippen LogP contribution in [0.1, 0.15) is 53.7 Å². The Morgan fingerprint density at radius 2 is 1.45 bits per heavy atom. The smallest absolute Gasteiger partial charge is 0.326 e. The number of rotatable bonds is 15. The van der Waals surface area contributed by atoms with Crippen molar-refractivity contribution < 1.29 is 24.2 Å². The van der Waals surface area contributed by atoms with Crippen LogP contribution >= 0.6 is 0 Å². The van der Waals surface area contributed by atoms with Crippen molar-refractivity contribution in [3.05, 3.63) is 125 Å². The lowest BCUT2D eigenvalue weighted by Gasteiger charge is -2.27. The van der Waals surface area contributed by atoms with E-state index in [1.807, 2.05) is 63.2 Å². The number of aliphatic carboxylic acids is 1. The number of hydrogen-bond acceptors (Lipinski definition) is 5. The van der Waals surface area contributed by atoms with Crippen molar-refractivity contribution in [3.63, 3.8) is 0 Å². The highest BCUT2D eigenvalue weighted by atomic mass is 16.5. The van der Waals surface area contributed by atoms with E-state index >= 15 is 0 Å². The lowest BCUT2D eigenvalue weighted by Crippen LogP contribution is -2.38. The molecule has 1 atom stereocenters. The summed E-state index contributed by atoms with van der Waals surface area (Å²) in [5.74, 6) is -0.523. The number of ketones is 1. The first-order chi connectivity index (χ1) is 21.3. The van der Waals surface area contributed by atoms with E-state index in [4.69, 9.17) is 4.74 Å². The molecule has 228 valence electrons. The lowest BCUT2D eigenvalue weighted by molar-refractivity contribution is -0.137. The average molecular weight is 593 g/mol. The molecule has 0 radical (unpaired) electrons. The summed E-state index contributed by atoms with van der Waals surface area (Å²) in [5, 5.41) is 13.1. The number of nitrogens with one attached hydrogen (secondary N) is 1.